The monoisotopic (exact) mass is 413 g/mol. The molecule has 2 aromatic rings. The molecule has 0 unspecified atom stereocenters. The van der Waals surface area contributed by atoms with Gasteiger partial charge in [0.2, 0.25) is 5.91 Å². The van der Waals surface area contributed by atoms with Gasteiger partial charge in [0.25, 0.3) is 0 Å². The van der Waals surface area contributed by atoms with Gasteiger partial charge in [-0.25, -0.2) is 0 Å². The molecule has 0 aromatic heterocycles. The van der Waals surface area contributed by atoms with Crippen molar-refractivity contribution in [3.8, 4) is 0 Å². The first-order valence-electron chi connectivity index (χ1n) is 8.94. The smallest absolute Gasteiger partial charge is 0.236 e. The molecule has 1 saturated heterocycles. The van der Waals surface area contributed by atoms with E-state index in [0.717, 1.165) is 32.7 Å². The lowest BCUT2D eigenvalue weighted by molar-refractivity contribution is -0.132. The molecule has 1 amide bonds. The van der Waals surface area contributed by atoms with Crippen LogP contribution in [0.2, 0.25) is 0 Å². The summed E-state index contributed by atoms with van der Waals surface area (Å²) < 4.78 is 4.98. The molecule has 1 aliphatic rings. The summed E-state index contributed by atoms with van der Waals surface area (Å²) >= 11 is 0. The number of hydrogen-bond donors (Lipinski definition) is 1. The second kappa shape index (κ2) is 12.2. The summed E-state index contributed by atoms with van der Waals surface area (Å²) in [7, 11) is 1.67. The molecule has 2 aromatic carbocycles. The van der Waals surface area contributed by atoms with Crippen molar-refractivity contribution in [2.24, 2.45) is 0 Å². The van der Waals surface area contributed by atoms with Gasteiger partial charge in [-0.2, -0.15) is 0 Å². The van der Waals surface area contributed by atoms with Crippen LogP contribution in [0.3, 0.4) is 0 Å². The van der Waals surface area contributed by atoms with E-state index in [9.17, 15) is 4.79 Å². The number of methoxy groups -OCH3 is 1. The van der Waals surface area contributed by atoms with Crippen LogP contribution < -0.4 is 5.32 Å². The van der Waals surface area contributed by atoms with Gasteiger partial charge in [-0.05, 0) is 16.3 Å². The molecule has 1 heterocycles. The number of carbonyl (C=O) groups excluding carboxylic acids is 1. The van der Waals surface area contributed by atoms with E-state index in [1.54, 1.807) is 7.11 Å². The van der Waals surface area contributed by atoms with Gasteiger partial charge in [0, 0.05) is 46.4 Å². The molecule has 3 rings (SSSR count). The third-order valence-corrected chi connectivity index (χ3v) is 4.76. The van der Waals surface area contributed by atoms with Crippen LogP contribution in [-0.2, 0) is 16.1 Å². The summed E-state index contributed by atoms with van der Waals surface area (Å²) in [6.07, 6.45) is 0. The number of ether oxygens (including phenoxy) is 1. The number of hydrogen-bond acceptors (Lipinski definition) is 4. The van der Waals surface area contributed by atoms with E-state index in [1.165, 1.54) is 16.3 Å². The van der Waals surface area contributed by atoms with Crippen LogP contribution in [0.1, 0.15) is 5.56 Å². The summed E-state index contributed by atoms with van der Waals surface area (Å²) in [5.41, 5.74) is 1.36. The molecule has 0 spiro atoms. The molecule has 27 heavy (non-hydrogen) atoms. The first-order chi connectivity index (χ1) is 12.3. The average Bonchev–Trinajstić information content (AvgIpc) is 2.66. The highest BCUT2D eigenvalue weighted by Crippen LogP contribution is 2.20. The summed E-state index contributed by atoms with van der Waals surface area (Å²) in [6, 6.07) is 15.0. The predicted molar refractivity (Wildman–Crippen MR) is 115 cm³/mol. The Morgan fingerprint density at radius 1 is 1.04 bits per heavy atom. The highest BCUT2D eigenvalue weighted by Gasteiger charge is 2.21. The Bertz CT molecular complexity index is 701. The molecule has 150 valence electrons. The zero-order valence-electron chi connectivity index (χ0n) is 15.7. The summed E-state index contributed by atoms with van der Waals surface area (Å²) in [5.74, 6) is 0.181. The summed E-state index contributed by atoms with van der Waals surface area (Å²) in [6.45, 7) is 6.13. The van der Waals surface area contributed by atoms with Crippen LogP contribution in [-0.4, -0.2) is 68.7 Å². The Hall–Kier alpha value is -1.37. The molecule has 0 radical (unpaired) electrons. The zero-order chi connectivity index (χ0) is 17.5. The van der Waals surface area contributed by atoms with Crippen molar-refractivity contribution in [3.63, 3.8) is 0 Å². The highest BCUT2D eigenvalue weighted by molar-refractivity contribution is 5.86. The number of nitrogens with one attached hydrogen (secondary N) is 1. The number of nitrogens with zero attached hydrogens (tertiary/aromatic N) is 2. The van der Waals surface area contributed by atoms with Gasteiger partial charge in [0.15, 0.2) is 0 Å². The molecular weight excluding hydrogens is 385 g/mol. The molecule has 1 aliphatic heterocycles. The number of rotatable bonds is 7. The Kier molecular flexibility index (Phi) is 10.7. The fourth-order valence-corrected chi connectivity index (χ4v) is 3.31. The maximum absolute atomic E-state index is 12.2. The Balaban J connectivity index is 0.00000182. The fourth-order valence-electron chi connectivity index (χ4n) is 3.31. The Morgan fingerprint density at radius 2 is 1.74 bits per heavy atom. The van der Waals surface area contributed by atoms with Gasteiger partial charge in [0.1, 0.15) is 0 Å². The molecular formula is C20H29Cl2N3O2. The first kappa shape index (κ1) is 23.7. The summed E-state index contributed by atoms with van der Waals surface area (Å²) in [5, 5.41) is 5.74. The number of carbonyl (C=O) groups is 1. The first-order valence-corrected chi connectivity index (χ1v) is 8.94. The largest absolute Gasteiger partial charge is 0.383 e. The van der Waals surface area contributed by atoms with Crippen LogP contribution >= 0.6 is 24.8 Å². The number of halogens is 2. The van der Waals surface area contributed by atoms with Crippen LogP contribution in [0.4, 0.5) is 0 Å². The molecule has 1 fully saturated rings. The van der Waals surface area contributed by atoms with E-state index in [-0.39, 0.29) is 30.7 Å². The maximum Gasteiger partial charge on any atom is 0.236 e. The number of benzene rings is 2. The van der Waals surface area contributed by atoms with Gasteiger partial charge in [0.05, 0.1) is 13.2 Å². The number of amides is 1. The molecule has 0 aliphatic carbocycles. The minimum atomic E-state index is 0. The normalized spacial score (nSPS) is 14.5. The molecule has 0 atom stereocenters. The van der Waals surface area contributed by atoms with Crippen molar-refractivity contribution < 1.29 is 9.53 Å². The third kappa shape index (κ3) is 6.63. The van der Waals surface area contributed by atoms with Crippen molar-refractivity contribution >= 4 is 41.5 Å². The van der Waals surface area contributed by atoms with Crippen molar-refractivity contribution in [2.45, 2.75) is 6.54 Å². The molecule has 0 bridgehead atoms. The van der Waals surface area contributed by atoms with Crippen LogP contribution in [0.15, 0.2) is 42.5 Å². The van der Waals surface area contributed by atoms with E-state index in [4.69, 9.17) is 4.74 Å². The van der Waals surface area contributed by atoms with Gasteiger partial charge in [-0.1, -0.05) is 42.5 Å². The van der Waals surface area contributed by atoms with Gasteiger partial charge in [-0.3, -0.25) is 9.69 Å². The number of fused-ring (bicyclic) bond motifs is 1. The zero-order valence-corrected chi connectivity index (χ0v) is 17.4. The number of piperazine rings is 1. The highest BCUT2D eigenvalue weighted by atomic mass is 35.5. The lowest BCUT2D eigenvalue weighted by atomic mass is 10.0. The Labute approximate surface area is 173 Å². The molecule has 7 heteroatoms. The maximum atomic E-state index is 12.2. The average molecular weight is 414 g/mol. The second-order valence-corrected chi connectivity index (χ2v) is 6.46. The minimum Gasteiger partial charge on any atom is -0.383 e. The van der Waals surface area contributed by atoms with E-state index in [0.29, 0.717) is 19.7 Å². The standard InChI is InChI=1S/C20H27N3O2.2ClH/c1-25-14-9-21-15-20(24)23-12-10-22(11-13-23)16-18-7-4-6-17-5-2-3-8-19(17)18;;/h2-8,21H,9-16H2,1H3;2*1H. The quantitative estimate of drug-likeness (QED) is 0.708. The SMILES string of the molecule is COCCNCC(=O)N1CCN(Cc2cccc3ccccc23)CC1.Cl.Cl. The lowest BCUT2D eigenvalue weighted by Gasteiger charge is -2.35. The predicted octanol–water partition coefficient (Wildman–Crippen LogP) is 2.56. The van der Waals surface area contributed by atoms with Crippen molar-refractivity contribution in [3.05, 3.63) is 48.0 Å². The molecule has 1 N–H and O–H groups in total. The van der Waals surface area contributed by atoms with Crippen molar-refractivity contribution in [1.82, 2.24) is 15.1 Å². The minimum absolute atomic E-state index is 0. The van der Waals surface area contributed by atoms with Crippen LogP contribution in [0.5, 0.6) is 0 Å². The van der Waals surface area contributed by atoms with E-state index >= 15 is 0 Å². The van der Waals surface area contributed by atoms with Crippen molar-refractivity contribution in [2.75, 3.05) is 53.0 Å². The van der Waals surface area contributed by atoms with Crippen LogP contribution in [0, 0.1) is 0 Å². The van der Waals surface area contributed by atoms with Gasteiger partial charge >= 0.3 is 0 Å². The van der Waals surface area contributed by atoms with E-state index < -0.39 is 0 Å². The fraction of sp³-hybridized carbons (Fsp3) is 0.450. The van der Waals surface area contributed by atoms with Gasteiger partial charge in [-0.15, -0.1) is 24.8 Å². The van der Waals surface area contributed by atoms with Gasteiger partial charge < -0.3 is 15.0 Å². The van der Waals surface area contributed by atoms with E-state index in [2.05, 4.69) is 52.7 Å². The van der Waals surface area contributed by atoms with Crippen molar-refractivity contribution in [1.29, 1.82) is 0 Å². The summed E-state index contributed by atoms with van der Waals surface area (Å²) in [4.78, 5) is 16.6. The second-order valence-electron chi connectivity index (χ2n) is 6.46. The van der Waals surface area contributed by atoms with E-state index in [1.807, 2.05) is 4.90 Å². The van der Waals surface area contributed by atoms with Crippen LogP contribution in [0.25, 0.3) is 10.8 Å². The molecule has 5 nitrogen and oxygen atoms in total. The molecule has 0 saturated carbocycles. The topological polar surface area (TPSA) is 44.8 Å². The third-order valence-electron chi connectivity index (χ3n) is 4.76. The lowest BCUT2D eigenvalue weighted by Crippen LogP contribution is -2.50. The Morgan fingerprint density at radius 3 is 2.48 bits per heavy atom.